The summed E-state index contributed by atoms with van der Waals surface area (Å²) in [5.74, 6) is 2.01. The molecule has 1 N–H and O–H groups in total. The van der Waals surface area contributed by atoms with Gasteiger partial charge in [0.25, 0.3) is 0 Å². The van der Waals surface area contributed by atoms with Crippen LogP contribution >= 0.6 is 11.6 Å². The molecule has 174 valence electrons. The Morgan fingerprint density at radius 3 is 2.50 bits per heavy atom. The van der Waals surface area contributed by atoms with Crippen LogP contribution in [-0.4, -0.2) is 45.4 Å². The predicted octanol–water partition coefficient (Wildman–Crippen LogP) is 4.58. The standard InChI is InChI=1S/C26H27ClN6O/c1-18(19-5-3-2-4-6-19)17-28-26(34)21-13-15-32(16-14-21)24-12-11-23-29-30-25(33(23)31-24)20-7-9-22(27)10-8-20/h2-12,18,21H,13-17H2,1H3,(H,28,34)/t18-/m0/s1. The van der Waals surface area contributed by atoms with Crippen LogP contribution in [0, 0.1) is 5.92 Å². The second-order valence-electron chi connectivity index (χ2n) is 8.81. The zero-order chi connectivity index (χ0) is 23.5. The van der Waals surface area contributed by atoms with E-state index >= 15 is 0 Å². The van der Waals surface area contributed by atoms with E-state index < -0.39 is 0 Å². The first kappa shape index (κ1) is 22.3. The van der Waals surface area contributed by atoms with Crippen molar-refractivity contribution in [1.82, 2.24) is 25.1 Å². The predicted molar refractivity (Wildman–Crippen MR) is 134 cm³/mol. The Morgan fingerprint density at radius 2 is 1.76 bits per heavy atom. The molecule has 1 atom stereocenters. The normalized spacial score (nSPS) is 15.4. The van der Waals surface area contributed by atoms with Gasteiger partial charge in [-0.05, 0) is 60.7 Å². The first-order valence-electron chi connectivity index (χ1n) is 11.6. The van der Waals surface area contributed by atoms with Crippen molar-refractivity contribution in [2.45, 2.75) is 25.7 Å². The molecule has 7 nitrogen and oxygen atoms in total. The first-order valence-corrected chi connectivity index (χ1v) is 12.0. The Labute approximate surface area is 203 Å². The van der Waals surface area contributed by atoms with Crippen molar-refractivity contribution in [2.75, 3.05) is 24.5 Å². The summed E-state index contributed by atoms with van der Waals surface area (Å²) in [6.45, 7) is 4.36. The van der Waals surface area contributed by atoms with Crippen molar-refractivity contribution in [3.05, 3.63) is 77.3 Å². The van der Waals surface area contributed by atoms with Gasteiger partial charge in [0, 0.05) is 36.1 Å². The van der Waals surface area contributed by atoms with Crippen LogP contribution in [0.1, 0.15) is 31.2 Å². The number of fused-ring (bicyclic) bond motifs is 1. The molecule has 1 aliphatic rings. The third-order valence-corrected chi connectivity index (χ3v) is 6.74. The van der Waals surface area contributed by atoms with E-state index in [1.54, 1.807) is 4.52 Å². The third kappa shape index (κ3) is 4.75. The number of anilines is 1. The minimum absolute atomic E-state index is 0.0301. The van der Waals surface area contributed by atoms with Crippen molar-refractivity contribution in [3.8, 4) is 11.4 Å². The van der Waals surface area contributed by atoms with Crippen LogP contribution in [0.5, 0.6) is 0 Å². The summed E-state index contributed by atoms with van der Waals surface area (Å²) in [6.07, 6.45) is 1.61. The lowest BCUT2D eigenvalue weighted by Gasteiger charge is -2.32. The highest BCUT2D eigenvalue weighted by Gasteiger charge is 2.26. The van der Waals surface area contributed by atoms with E-state index in [2.05, 4.69) is 39.5 Å². The third-order valence-electron chi connectivity index (χ3n) is 6.49. The van der Waals surface area contributed by atoms with E-state index in [9.17, 15) is 4.79 Å². The molecule has 0 radical (unpaired) electrons. The Bertz CT molecular complexity index is 1270. The maximum atomic E-state index is 12.8. The largest absolute Gasteiger partial charge is 0.355 e. The maximum absolute atomic E-state index is 12.8. The fourth-order valence-electron chi connectivity index (χ4n) is 4.40. The quantitative estimate of drug-likeness (QED) is 0.442. The van der Waals surface area contributed by atoms with Gasteiger partial charge >= 0.3 is 0 Å². The summed E-state index contributed by atoms with van der Waals surface area (Å²) in [5, 5.41) is 17.2. The number of hydrogen-bond acceptors (Lipinski definition) is 5. The van der Waals surface area contributed by atoms with Crippen molar-refractivity contribution in [1.29, 1.82) is 0 Å². The molecule has 0 bridgehead atoms. The molecule has 1 amide bonds. The van der Waals surface area contributed by atoms with Gasteiger partial charge in [0.2, 0.25) is 5.91 Å². The van der Waals surface area contributed by atoms with Crippen LogP contribution in [0.3, 0.4) is 0 Å². The van der Waals surface area contributed by atoms with Gasteiger partial charge in [0.15, 0.2) is 11.5 Å². The minimum Gasteiger partial charge on any atom is -0.355 e. The van der Waals surface area contributed by atoms with E-state index in [-0.39, 0.29) is 11.8 Å². The first-order chi connectivity index (χ1) is 16.6. The number of nitrogens with zero attached hydrogens (tertiary/aromatic N) is 5. The Morgan fingerprint density at radius 1 is 1.03 bits per heavy atom. The van der Waals surface area contributed by atoms with Gasteiger partial charge in [-0.15, -0.1) is 15.3 Å². The van der Waals surface area contributed by atoms with Crippen LogP contribution < -0.4 is 10.2 Å². The molecule has 1 aliphatic heterocycles. The van der Waals surface area contributed by atoms with Crippen LogP contribution in [-0.2, 0) is 4.79 Å². The molecule has 2 aromatic heterocycles. The molecule has 0 unspecified atom stereocenters. The van der Waals surface area contributed by atoms with Crippen LogP contribution in [0.15, 0.2) is 66.7 Å². The van der Waals surface area contributed by atoms with Gasteiger partial charge < -0.3 is 10.2 Å². The molecule has 0 aliphatic carbocycles. The highest BCUT2D eigenvalue weighted by atomic mass is 35.5. The monoisotopic (exact) mass is 474 g/mol. The molecular weight excluding hydrogens is 448 g/mol. The molecule has 3 heterocycles. The number of hydrogen-bond donors (Lipinski definition) is 1. The van der Waals surface area contributed by atoms with Gasteiger partial charge in [-0.3, -0.25) is 4.79 Å². The smallest absolute Gasteiger partial charge is 0.223 e. The van der Waals surface area contributed by atoms with Crippen LogP contribution in [0.25, 0.3) is 17.0 Å². The molecule has 0 saturated carbocycles. The lowest BCUT2D eigenvalue weighted by molar-refractivity contribution is -0.125. The van der Waals surface area contributed by atoms with Gasteiger partial charge in [0.1, 0.15) is 5.82 Å². The number of aromatic nitrogens is 4. The van der Waals surface area contributed by atoms with E-state index in [0.717, 1.165) is 37.3 Å². The molecule has 1 fully saturated rings. The zero-order valence-corrected chi connectivity index (χ0v) is 19.8. The molecule has 34 heavy (non-hydrogen) atoms. The lowest BCUT2D eigenvalue weighted by atomic mass is 9.95. The van der Waals surface area contributed by atoms with Crippen molar-refractivity contribution in [2.24, 2.45) is 5.92 Å². The Hall–Kier alpha value is -3.45. The zero-order valence-electron chi connectivity index (χ0n) is 19.1. The lowest BCUT2D eigenvalue weighted by Crippen LogP contribution is -2.41. The number of nitrogens with one attached hydrogen (secondary N) is 1. The molecule has 2 aromatic carbocycles. The second kappa shape index (κ2) is 9.81. The number of benzene rings is 2. The molecule has 1 saturated heterocycles. The number of rotatable bonds is 6. The molecule has 4 aromatic rings. The number of amides is 1. The summed E-state index contributed by atoms with van der Waals surface area (Å²) < 4.78 is 1.77. The Kier molecular flexibility index (Phi) is 6.45. The fourth-order valence-corrected chi connectivity index (χ4v) is 4.52. The van der Waals surface area contributed by atoms with Gasteiger partial charge in [-0.25, -0.2) is 0 Å². The van der Waals surface area contributed by atoms with Crippen molar-refractivity contribution < 1.29 is 4.79 Å². The van der Waals surface area contributed by atoms with E-state index in [1.807, 2.05) is 54.6 Å². The second-order valence-corrected chi connectivity index (χ2v) is 9.25. The van der Waals surface area contributed by atoms with Crippen LogP contribution in [0.4, 0.5) is 5.82 Å². The summed E-state index contributed by atoms with van der Waals surface area (Å²) in [6, 6.07) is 21.7. The summed E-state index contributed by atoms with van der Waals surface area (Å²) in [7, 11) is 0. The van der Waals surface area contributed by atoms with Gasteiger partial charge in [0.05, 0.1) is 0 Å². The van der Waals surface area contributed by atoms with Crippen molar-refractivity contribution in [3.63, 3.8) is 0 Å². The number of carbonyl (C=O) groups excluding carboxylic acids is 1. The maximum Gasteiger partial charge on any atom is 0.223 e. The summed E-state index contributed by atoms with van der Waals surface area (Å²) >= 11 is 6.02. The van der Waals surface area contributed by atoms with Gasteiger partial charge in [-0.2, -0.15) is 4.52 Å². The highest BCUT2D eigenvalue weighted by molar-refractivity contribution is 6.30. The van der Waals surface area contributed by atoms with Gasteiger partial charge in [-0.1, -0.05) is 48.9 Å². The van der Waals surface area contributed by atoms with Crippen LogP contribution in [0.2, 0.25) is 5.02 Å². The van der Waals surface area contributed by atoms with E-state index in [4.69, 9.17) is 16.7 Å². The minimum atomic E-state index is 0.0301. The average molecular weight is 475 g/mol. The molecule has 5 rings (SSSR count). The average Bonchev–Trinajstić information content (AvgIpc) is 3.31. The number of halogens is 1. The number of piperidine rings is 1. The molecular formula is C26H27ClN6O. The van der Waals surface area contributed by atoms with E-state index in [1.165, 1.54) is 5.56 Å². The Balaban J connectivity index is 1.21. The molecule has 8 heteroatoms. The number of carbonyl (C=O) groups is 1. The summed E-state index contributed by atoms with van der Waals surface area (Å²) in [4.78, 5) is 15.0. The highest BCUT2D eigenvalue weighted by Crippen LogP contribution is 2.25. The molecule has 0 spiro atoms. The fraction of sp³-hybridized carbons (Fsp3) is 0.308. The topological polar surface area (TPSA) is 75.4 Å². The summed E-state index contributed by atoms with van der Waals surface area (Å²) in [5.41, 5.74) is 2.84. The van der Waals surface area contributed by atoms with E-state index in [0.29, 0.717) is 29.0 Å². The SMILES string of the molecule is C[C@@H](CNC(=O)C1CCN(c2ccc3nnc(-c4ccc(Cl)cc4)n3n2)CC1)c1ccccc1. The van der Waals surface area contributed by atoms with Crippen molar-refractivity contribution >= 4 is 29.0 Å².